The normalized spacial score (nSPS) is 20.0. The highest BCUT2D eigenvalue weighted by Crippen LogP contribution is 2.29. The van der Waals surface area contributed by atoms with E-state index in [0.29, 0.717) is 5.69 Å². The highest BCUT2D eigenvalue weighted by molar-refractivity contribution is 6.04. The van der Waals surface area contributed by atoms with E-state index in [1.807, 2.05) is 40.9 Å². The average Bonchev–Trinajstić information content (AvgIpc) is 3.47. The summed E-state index contributed by atoms with van der Waals surface area (Å²) in [6.45, 7) is 5.60. The van der Waals surface area contributed by atoms with Crippen molar-refractivity contribution in [1.82, 2.24) is 19.6 Å². The molecule has 0 spiro atoms. The van der Waals surface area contributed by atoms with Gasteiger partial charge in [0, 0.05) is 63.4 Å². The number of carbonyl (C=O) groups is 1. The van der Waals surface area contributed by atoms with Gasteiger partial charge < -0.3 is 9.80 Å². The van der Waals surface area contributed by atoms with E-state index in [0.717, 1.165) is 49.5 Å². The van der Waals surface area contributed by atoms with Crippen molar-refractivity contribution in [3.63, 3.8) is 0 Å². The molecule has 2 fully saturated rings. The number of piperazine rings is 1. The Hall–Kier alpha value is -2.86. The first-order valence-electron chi connectivity index (χ1n) is 13.0. The smallest absolute Gasteiger partial charge is 0.275 e. The third kappa shape index (κ3) is 3.98. The van der Waals surface area contributed by atoms with E-state index in [2.05, 4.69) is 33.1 Å². The molecule has 3 aliphatic rings. The predicted octanol–water partition coefficient (Wildman–Crippen LogP) is 3.88. The lowest BCUT2D eigenvalue weighted by atomic mass is 10.0. The third-order valence-electron chi connectivity index (χ3n) is 8.26. The maximum Gasteiger partial charge on any atom is 0.275 e. The summed E-state index contributed by atoms with van der Waals surface area (Å²) in [4.78, 5) is 20.4. The van der Waals surface area contributed by atoms with Gasteiger partial charge in [-0.2, -0.15) is 5.10 Å². The molecule has 1 saturated carbocycles. The molecule has 0 radical (unpaired) electrons. The molecule has 1 aliphatic carbocycles. The second kappa shape index (κ2) is 9.06. The molecule has 1 saturated heterocycles. The molecule has 3 aromatic rings. The Labute approximate surface area is 202 Å². The fourth-order valence-electron chi connectivity index (χ4n) is 6.25. The van der Waals surface area contributed by atoms with E-state index in [9.17, 15) is 4.79 Å². The lowest BCUT2D eigenvalue weighted by Crippen LogP contribution is -2.49. The third-order valence-corrected chi connectivity index (χ3v) is 8.26. The molecule has 178 valence electrons. The number of hydrogen-bond donors (Lipinski definition) is 0. The lowest BCUT2D eigenvalue weighted by molar-refractivity contribution is 0.0742. The highest BCUT2D eigenvalue weighted by Gasteiger charge is 2.27. The SMILES string of the molecule is Cn1nc(C(=O)N2CCN(c3ccc4c(c3)CCN(C3CCCC3)CC4)CC2)c2ccccc21. The van der Waals surface area contributed by atoms with Crippen LogP contribution in [0.15, 0.2) is 42.5 Å². The summed E-state index contributed by atoms with van der Waals surface area (Å²) in [6, 6.07) is 15.9. The van der Waals surface area contributed by atoms with Crippen molar-refractivity contribution in [2.45, 2.75) is 44.6 Å². The first-order valence-corrected chi connectivity index (χ1v) is 13.0. The summed E-state index contributed by atoms with van der Waals surface area (Å²) >= 11 is 0. The second-order valence-corrected chi connectivity index (χ2v) is 10.2. The molecule has 6 nitrogen and oxygen atoms in total. The van der Waals surface area contributed by atoms with Crippen LogP contribution in [0.1, 0.15) is 47.3 Å². The molecule has 6 heteroatoms. The molecular weight excluding hydrogens is 422 g/mol. The molecule has 1 aromatic heterocycles. The Kier molecular flexibility index (Phi) is 5.77. The number of aromatic nitrogens is 2. The monoisotopic (exact) mass is 457 g/mol. The summed E-state index contributed by atoms with van der Waals surface area (Å²) in [5.74, 6) is 0.0467. The van der Waals surface area contributed by atoms with Crippen molar-refractivity contribution >= 4 is 22.5 Å². The number of nitrogens with zero attached hydrogens (tertiary/aromatic N) is 5. The number of para-hydroxylation sites is 1. The van der Waals surface area contributed by atoms with Crippen molar-refractivity contribution in [2.75, 3.05) is 44.2 Å². The van der Waals surface area contributed by atoms with Crippen molar-refractivity contribution in [3.8, 4) is 0 Å². The van der Waals surface area contributed by atoms with Gasteiger partial charge in [0.2, 0.25) is 0 Å². The molecule has 0 atom stereocenters. The zero-order valence-corrected chi connectivity index (χ0v) is 20.2. The molecule has 1 amide bonds. The van der Waals surface area contributed by atoms with E-state index in [1.165, 1.54) is 62.0 Å². The number of benzene rings is 2. The Morgan fingerprint density at radius 1 is 0.882 bits per heavy atom. The van der Waals surface area contributed by atoms with Crippen molar-refractivity contribution in [2.24, 2.45) is 7.05 Å². The Bertz CT molecular complexity index is 1190. The topological polar surface area (TPSA) is 44.6 Å². The molecule has 0 bridgehead atoms. The molecule has 2 aromatic carbocycles. The minimum atomic E-state index is 0.0467. The van der Waals surface area contributed by atoms with Crippen LogP contribution >= 0.6 is 0 Å². The van der Waals surface area contributed by atoms with Crippen LogP contribution in [0.25, 0.3) is 10.9 Å². The minimum Gasteiger partial charge on any atom is -0.368 e. The summed E-state index contributed by atoms with van der Waals surface area (Å²) in [5.41, 5.74) is 5.93. The summed E-state index contributed by atoms with van der Waals surface area (Å²) in [6.07, 6.45) is 7.92. The standard InChI is InChI=1S/C28H35N5O/c1-30-26-9-5-4-8-25(26)27(29-30)28(34)33-18-16-32(17-19-33)24-11-10-21-12-14-31(15-13-22(21)20-24)23-6-2-3-7-23/h4-5,8-11,20,23H,2-3,6-7,12-19H2,1H3. The van der Waals surface area contributed by atoms with Gasteiger partial charge in [0.25, 0.3) is 5.91 Å². The molecular formula is C28H35N5O. The van der Waals surface area contributed by atoms with Crippen LogP contribution < -0.4 is 4.90 Å². The molecule has 34 heavy (non-hydrogen) atoms. The Morgan fingerprint density at radius 2 is 1.62 bits per heavy atom. The van der Waals surface area contributed by atoms with Crippen LogP contribution in [0.3, 0.4) is 0 Å². The number of hydrogen-bond acceptors (Lipinski definition) is 4. The first kappa shape index (κ1) is 21.7. The van der Waals surface area contributed by atoms with Crippen LogP contribution in [-0.2, 0) is 19.9 Å². The zero-order chi connectivity index (χ0) is 23.1. The predicted molar refractivity (Wildman–Crippen MR) is 137 cm³/mol. The number of anilines is 1. The van der Waals surface area contributed by atoms with Crippen LogP contribution in [-0.4, -0.2) is 70.8 Å². The summed E-state index contributed by atoms with van der Waals surface area (Å²) < 4.78 is 1.81. The fourth-order valence-corrected chi connectivity index (χ4v) is 6.25. The fraction of sp³-hybridized carbons (Fsp3) is 0.500. The van der Waals surface area contributed by atoms with E-state index >= 15 is 0 Å². The van der Waals surface area contributed by atoms with Gasteiger partial charge >= 0.3 is 0 Å². The van der Waals surface area contributed by atoms with Crippen LogP contribution in [0.5, 0.6) is 0 Å². The van der Waals surface area contributed by atoms with E-state index in [4.69, 9.17) is 0 Å². The van der Waals surface area contributed by atoms with Gasteiger partial charge in [0.15, 0.2) is 5.69 Å². The molecule has 0 unspecified atom stereocenters. The molecule has 6 rings (SSSR count). The quantitative estimate of drug-likeness (QED) is 0.599. The van der Waals surface area contributed by atoms with E-state index < -0.39 is 0 Å². The van der Waals surface area contributed by atoms with Gasteiger partial charge in [0.05, 0.1) is 5.52 Å². The van der Waals surface area contributed by atoms with E-state index in [-0.39, 0.29) is 5.91 Å². The largest absolute Gasteiger partial charge is 0.368 e. The van der Waals surface area contributed by atoms with E-state index in [1.54, 1.807) is 0 Å². The maximum atomic E-state index is 13.3. The number of rotatable bonds is 3. The van der Waals surface area contributed by atoms with Gasteiger partial charge in [-0.05, 0) is 55.0 Å². The molecule has 0 N–H and O–H groups in total. The van der Waals surface area contributed by atoms with Crippen LogP contribution in [0.4, 0.5) is 5.69 Å². The van der Waals surface area contributed by atoms with Gasteiger partial charge in [0.1, 0.15) is 0 Å². The Balaban J connectivity index is 1.12. The maximum absolute atomic E-state index is 13.3. The zero-order valence-electron chi connectivity index (χ0n) is 20.2. The van der Waals surface area contributed by atoms with Crippen LogP contribution in [0.2, 0.25) is 0 Å². The van der Waals surface area contributed by atoms with Gasteiger partial charge in [-0.3, -0.25) is 14.4 Å². The molecule has 2 aliphatic heterocycles. The van der Waals surface area contributed by atoms with Crippen molar-refractivity contribution in [3.05, 3.63) is 59.3 Å². The number of amides is 1. The summed E-state index contributed by atoms with van der Waals surface area (Å²) in [7, 11) is 1.91. The van der Waals surface area contributed by atoms with Crippen molar-refractivity contribution in [1.29, 1.82) is 0 Å². The lowest BCUT2D eigenvalue weighted by Gasteiger charge is -2.36. The number of fused-ring (bicyclic) bond motifs is 2. The van der Waals surface area contributed by atoms with Gasteiger partial charge in [-0.25, -0.2) is 0 Å². The second-order valence-electron chi connectivity index (χ2n) is 10.2. The van der Waals surface area contributed by atoms with Crippen LogP contribution in [0, 0.1) is 0 Å². The number of carbonyl (C=O) groups excluding carboxylic acids is 1. The van der Waals surface area contributed by atoms with Crippen molar-refractivity contribution < 1.29 is 4.79 Å². The summed E-state index contributed by atoms with van der Waals surface area (Å²) in [5, 5.41) is 5.48. The Morgan fingerprint density at radius 3 is 2.41 bits per heavy atom. The first-order chi connectivity index (χ1) is 16.7. The number of aryl methyl sites for hydroxylation is 1. The highest BCUT2D eigenvalue weighted by atomic mass is 16.2. The average molecular weight is 458 g/mol. The van der Waals surface area contributed by atoms with Gasteiger partial charge in [-0.1, -0.05) is 37.1 Å². The minimum absolute atomic E-state index is 0.0467. The van der Waals surface area contributed by atoms with Gasteiger partial charge in [-0.15, -0.1) is 0 Å². The molecule has 3 heterocycles.